The quantitative estimate of drug-likeness (QED) is 0.344. The van der Waals surface area contributed by atoms with Crippen LogP contribution in [-0.4, -0.2) is 35.8 Å². The van der Waals surface area contributed by atoms with Gasteiger partial charge in [0.1, 0.15) is 5.54 Å². The highest BCUT2D eigenvalue weighted by molar-refractivity contribution is 7.99. The summed E-state index contributed by atoms with van der Waals surface area (Å²) >= 11 is 1.27. The van der Waals surface area contributed by atoms with E-state index in [0.29, 0.717) is 17.2 Å². The number of carbonyl (C=O) groups is 1. The standard InChI is InChI=1S/C14H20N2O4S/c1-4-9-15-14(2,13(17)20-3)10-21-12-8-6-5-7-11(12)16(18)19/h5-8,15H,4,9-10H2,1-3H3. The molecule has 1 atom stereocenters. The number of methoxy groups -OCH3 is 1. The fourth-order valence-corrected chi connectivity index (χ4v) is 2.89. The number of para-hydroxylation sites is 1. The first-order valence-electron chi connectivity index (χ1n) is 6.64. The summed E-state index contributed by atoms with van der Waals surface area (Å²) in [6.45, 7) is 4.42. The lowest BCUT2D eigenvalue weighted by atomic mass is 10.1. The number of hydrogen-bond donors (Lipinski definition) is 1. The zero-order valence-corrected chi connectivity index (χ0v) is 13.2. The number of nitrogens with one attached hydrogen (secondary N) is 1. The van der Waals surface area contributed by atoms with Gasteiger partial charge in [0.2, 0.25) is 0 Å². The molecule has 21 heavy (non-hydrogen) atoms. The van der Waals surface area contributed by atoms with Crippen LogP contribution in [0.15, 0.2) is 29.2 Å². The summed E-state index contributed by atoms with van der Waals surface area (Å²) in [5.74, 6) is -0.0214. The molecule has 0 aliphatic heterocycles. The molecule has 1 aromatic carbocycles. The van der Waals surface area contributed by atoms with Crippen LogP contribution in [0.1, 0.15) is 20.3 Å². The van der Waals surface area contributed by atoms with E-state index in [-0.39, 0.29) is 11.7 Å². The molecule has 0 spiro atoms. The molecule has 0 radical (unpaired) electrons. The van der Waals surface area contributed by atoms with Crippen molar-refractivity contribution in [1.29, 1.82) is 0 Å². The zero-order chi connectivity index (χ0) is 15.9. The van der Waals surface area contributed by atoms with Crippen molar-refractivity contribution in [1.82, 2.24) is 5.32 Å². The van der Waals surface area contributed by atoms with E-state index in [1.54, 1.807) is 25.1 Å². The third kappa shape index (κ3) is 4.71. The van der Waals surface area contributed by atoms with E-state index in [0.717, 1.165) is 6.42 Å². The van der Waals surface area contributed by atoms with Gasteiger partial charge in [0.05, 0.1) is 16.9 Å². The van der Waals surface area contributed by atoms with Crippen LogP contribution in [0.4, 0.5) is 5.69 Å². The van der Waals surface area contributed by atoms with E-state index < -0.39 is 10.5 Å². The van der Waals surface area contributed by atoms with Crippen LogP contribution in [0, 0.1) is 10.1 Å². The minimum absolute atomic E-state index is 0.0465. The lowest BCUT2D eigenvalue weighted by Gasteiger charge is -2.27. The molecule has 0 bridgehead atoms. The smallest absolute Gasteiger partial charge is 0.326 e. The predicted octanol–water partition coefficient (Wildman–Crippen LogP) is 2.62. The van der Waals surface area contributed by atoms with Gasteiger partial charge in [-0.05, 0) is 26.0 Å². The number of carbonyl (C=O) groups excluding carboxylic acids is 1. The summed E-state index contributed by atoms with van der Waals surface area (Å²) in [5.41, 5.74) is -0.829. The number of hydrogen-bond acceptors (Lipinski definition) is 6. The SMILES string of the molecule is CCCNC(C)(CSc1ccccc1[N+](=O)[O-])C(=O)OC. The lowest BCUT2D eigenvalue weighted by molar-refractivity contribution is -0.387. The molecule has 0 amide bonds. The van der Waals surface area contributed by atoms with E-state index in [2.05, 4.69) is 5.32 Å². The summed E-state index contributed by atoms with van der Waals surface area (Å²) in [6, 6.07) is 6.50. The van der Waals surface area contributed by atoms with Crippen LogP contribution in [0.3, 0.4) is 0 Å². The summed E-state index contributed by atoms with van der Waals surface area (Å²) < 4.78 is 4.83. The summed E-state index contributed by atoms with van der Waals surface area (Å²) in [5, 5.41) is 14.1. The van der Waals surface area contributed by atoms with Gasteiger partial charge in [-0.3, -0.25) is 14.9 Å². The fraction of sp³-hybridized carbons (Fsp3) is 0.500. The molecular weight excluding hydrogens is 292 g/mol. The Hall–Kier alpha value is -1.60. The van der Waals surface area contributed by atoms with Crippen LogP contribution in [0.2, 0.25) is 0 Å². The van der Waals surface area contributed by atoms with Gasteiger partial charge in [0.25, 0.3) is 5.69 Å². The minimum Gasteiger partial charge on any atom is -0.468 e. The van der Waals surface area contributed by atoms with Crippen molar-refractivity contribution in [3.8, 4) is 0 Å². The molecule has 0 fully saturated rings. The first-order valence-corrected chi connectivity index (χ1v) is 7.63. The average molecular weight is 312 g/mol. The minimum atomic E-state index is -0.876. The van der Waals surface area contributed by atoms with E-state index in [4.69, 9.17) is 4.74 Å². The highest BCUT2D eigenvalue weighted by atomic mass is 32.2. The van der Waals surface area contributed by atoms with Crippen molar-refractivity contribution in [2.75, 3.05) is 19.4 Å². The third-order valence-electron chi connectivity index (χ3n) is 2.98. The molecule has 7 heteroatoms. The van der Waals surface area contributed by atoms with E-state index >= 15 is 0 Å². The number of ether oxygens (including phenoxy) is 1. The second-order valence-corrected chi connectivity index (χ2v) is 5.78. The molecule has 0 aromatic heterocycles. The van der Waals surface area contributed by atoms with Gasteiger partial charge in [-0.15, -0.1) is 11.8 Å². The van der Waals surface area contributed by atoms with Gasteiger partial charge in [-0.1, -0.05) is 19.1 Å². The average Bonchev–Trinajstić information content (AvgIpc) is 2.50. The van der Waals surface area contributed by atoms with Crippen LogP contribution in [0.25, 0.3) is 0 Å². The Bertz CT molecular complexity index is 510. The van der Waals surface area contributed by atoms with E-state index in [1.807, 2.05) is 6.92 Å². The Balaban J connectivity index is 2.87. The number of nitrogens with zero attached hydrogens (tertiary/aromatic N) is 1. The van der Waals surface area contributed by atoms with Crippen molar-refractivity contribution in [2.45, 2.75) is 30.7 Å². The lowest BCUT2D eigenvalue weighted by Crippen LogP contribution is -2.52. The molecule has 1 N–H and O–H groups in total. The first kappa shape index (κ1) is 17.5. The van der Waals surface area contributed by atoms with Gasteiger partial charge in [0, 0.05) is 11.8 Å². The second-order valence-electron chi connectivity index (χ2n) is 4.76. The summed E-state index contributed by atoms with van der Waals surface area (Å²) in [7, 11) is 1.34. The maximum absolute atomic E-state index is 11.9. The normalized spacial score (nSPS) is 13.5. The van der Waals surface area contributed by atoms with Crippen LogP contribution in [0.5, 0.6) is 0 Å². The highest BCUT2D eigenvalue weighted by Gasteiger charge is 2.34. The number of thioether (sulfide) groups is 1. The number of nitro benzene ring substituents is 1. The molecule has 0 heterocycles. The van der Waals surface area contributed by atoms with Gasteiger partial charge < -0.3 is 10.1 Å². The molecule has 0 saturated carbocycles. The largest absolute Gasteiger partial charge is 0.468 e. The number of esters is 1. The molecule has 6 nitrogen and oxygen atoms in total. The van der Waals surface area contributed by atoms with Crippen LogP contribution >= 0.6 is 11.8 Å². The second kappa shape index (κ2) is 7.99. The molecule has 1 aromatic rings. The molecule has 0 aliphatic rings. The Kier molecular flexibility index (Phi) is 6.64. The summed E-state index contributed by atoms with van der Waals surface area (Å²) in [4.78, 5) is 23.1. The highest BCUT2D eigenvalue weighted by Crippen LogP contribution is 2.31. The van der Waals surface area contributed by atoms with Crippen molar-refractivity contribution in [3.05, 3.63) is 34.4 Å². The van der Waals surface area contributed by atoms with Crippen molar-refractivity contribution < 1.29 is 14.5 Å². The third-order valence-corrected chi connectivity index (χ3v) is 4.36. The topological polar surface area (TPSA) is 81.5 Å². The predicted molar refractivity (Wildman–Crippen MR) is 82.5 cm³/mol. The van der Waals surface area contributed by atoms with Gasteiger partial charge in [0.15, 0.2) is 0 Å². The van der Waals surface area contributed by atoms with Crippen molar-refractivity contribution in [3.63, 3.8) is 0 Å². The zero-order valence-electron chi connectivity index (χ0n) is 12.4. The molecule has 0 saturated heterocycles. The molecular formula is C14H20N2O4S. The number of nitro groups is 1. The summed E-state index contributed by atoms with van der Waals surface area (Å²) in [6.07, 6.45) is 0.878. The molecule has 116 valence electrons. The van der Waals surface area contributed by atoms with Crippen molar-refractivity contribution in [2.24, 2.45) is 0 Å². The van der Waals surface area contributed by atoms with Gasteiger partial charge >= 0.3 is 5.97 Å². The molecule has 1 unspecified atom stereocenters. The fourth-order valence-electron chi connectivity index (χ4n) is 1.76. The first-order chi connectivity index (χ1) is 9.94. The van der Waals surface area contributed by atoms with E-state index in [9.17, 15) is 14.9 Å². The monoisotopic (exact) mass is 312 g/mol. The maximum atomic E-state index is 11.9. The van der Waals surface area contributed by atoms with Crippen molar-refractivity contribution >= 4 is 23.4 Å². The van der Waals surface area contributed by atoms with Crippen LogP contribution in [-0.2, 0) is 9.53 Å². The van der Waals surface area contributed by atoms with E-state index in [1.165, 1.54) is 24.9 Å². The Labute approximate surface area is 128 Å². The van der Waals surface area contributed by atoms with Gasteiger partial charge in [-0.2, -0.15) is 0 Å². The Morgan fingerprint density at radius 3 is 2.71 bits per heavy atom. The maximum Gasteiger partial charge on any atom is 0.326 e. The number of benzene rings is 1. The Morgan fingerprint density at radius 1 is 1.48 bits per heavy atom. The Morgan fingerprint density at radius 2 is 2.14 bits per heavy atom. The van der Waals surface area contributed by atoms with Crippen LogP contribution < -0.4 is 5.32 Å². The molecule has 1 rings (SSSR count). The molecule has 0 aliphatic carbocycles. The van der Waals surface area contributed by atoms with Gasteiger partial charge in [-0.25, -0.2) is 0 Å². The number of rotatable bonds is 8.